The van der Waals surface area contributed by atoms with Crippen molar-refractivity contribution in [1.82, 2.24) is 24.5 Å². The fraction of sp³-hybridized carbons (Fsp3) is 0.385. The first-order valence-corrected chi connectivity index (χ1v) is 11.5. The first kappa shape index (κ1) is 21.4. The fourth-order valence-corrected chi connectivity index (χ4v) is 4.47. The molecule has 1 unspecified atom stereocenters. The topological polar surface area (TPSA) is 71.8 Å². The molecule has 1 aromatic carbocycles. The molecule has 1 saturated heterocycles. The Kier molecular flexibility index (Phi) is 5.27. The van der Waals surface area contributed by atoms with Crippen LogP contribution in [0.25, 0.3) is 11.2 Å². The molecule has 1 atom stereocenters. The molecule has 0 spiro atoms. The van der Waals surface area contributed by atoms with E-state index in [1.165, 1.54) is 16.7 Å². The highest BCUT2D eigenvalue weighted by molar-refractivity contribution is 5.87. The molecule has 7 nitrogen and oxygen atoms in total. The van der Waals surface area contributed by atoms with Crippen LogP contribution in [0, 0.1) is 6.92 Å². The van der Waals surface area contributed by atoms with E-state index in [0.29, 0.717) is 11.6 Å². The molecule has 1 N–H and O–H groups in total. The molecule has 0 amide bonds. The number of aryl methyl sites for hydroxylation is 2. The standard InChI is InChI=1S/C26H31N7/c1-17-6-7-20(26(2,3)4)14-21(17)29-24-22-23(28-16-32(22)5)30-25(31-24)33-13-10-19(15-33)18-8-11-27-12-9-18/h6-9,11-12,14,16,19H,10,13,15H2,1-5H3,(H,29,30,31). The van der Waals surface area contributed by atoms with E-state index >= 15 is 0 Å². The van der Waals surface area contributed by atoms with Crippen LogP contribution in [0.2, 0.25) is 0 Å². The van der Waals surface area contributed by atoms with E-state index in [2.05, 4.69) is 78.2 Å². The number of pyridine rings is 1. The van der Waals surface area contributed by atoms with E-state index in [0.717, 1.165) is 42.5 Å². The second-order valence-electron chi connectivity index (χ2n) is 10.0. The van der Waals surface area contributed by atoms with Crippen LogP contribution >= 0.6 is 0 Å². The molecule has 0 bridgehead atoms. The van der Waals surface area contributed by atoms with Crippen molar-refractivity contribution >= 4 is 28.6 Å². The molecule has 33 heavy (non-hydrogen) atoms. The number of nitrogens with one attached hydrogen (secondary N) is 1. The molecule has 4 aromatic rings. The lowest BCUT2D eigenvalue weighted by Gasteiger charge is -2.22. The maximum absolute atomic E-state index is 5.00. The molecule has 0 saturated carbocycles. The predicted molar refractivity (Wildman–Crippen MR) is 133 cm³/mol. The Labute approximate surface area is 194 Å². The normalized spacial score (nSPS) is 16.5. The predicted octanol–water partition coefficient (Wildman–Crippen LogP) is 5.10. The highest BCUT2D eigenvalue weighted by Crippen LogP contribution is 2.33. The quantitative estimate of drug-likeness (QED) is 0.475. The third-order valence-corrected chi connectivity index (χ3v) is 6.57. The van der Waals surface area contributed by atoms with Crippen molar-refractivity contribution in [1.29, 1.82) is 0 Å². The summed E-state index contributed by atoms with van der Waals surface area (Å²) in [6.07, 6.45) is 6.61. The number of imidazole rings is 1. The van der Waals surface area contributed by atoms with E-state index in [1.54, 1.807) is 6.33 Å². The lowest BCUT2D eigenvalue weighted by Crippen LogP contribution is -2.22. The van der Waals surface area contributed by atoms with E-state index < -0.39 is 0 Å². The molecule has 1 aliphatic rings. The Bertz CT molecular complexity index is 1290. The minimum Gasteiger partial charge on any atom is -0.340 e. The van der Waals surface area contributed by atoms with Gasteiger partial charge in [-0.05, 0) is 53.6 Å². The van der Waals surface area contributed by atoms with Gasteiger partial charge in [-0.25, -0.2) is 4.98 Å². The summed E-state index contributed by atoms with van der Waals surface area (Å²) in [5.41, 5.74) is 6.53. The summed E-state index contributed by atoms with van der Waals surface area (Å²) in [6.45, 7) is 10.6. The van der Waals surface area contributed by atoms with Gasteiger partial charge in [-0.1, -0.05) is 32.9 Å². The number of aromatic nitrogens is 5. The summed E-state index contributed by atoms with van der Waals surface area (Å²) in [5.74, 6) is 1.97. The van der Waals surface area contributed by atoms with Crippen LogP contribution < -0.4 is 10.2 Å². The zero-order valence-electron chi connectivity index (χ0n) is 20.0. The van der Waals surface area contributed by atoms with E-state index in [9.17, 15) is 0 Å². The van der Waals surface area contributed by atoms with Gasteiger partial charge >= 0.3 is 0 Å². The summed E-state index contributed by atoms with van der Waals surface area (Å²) >= 11 is 0. The molecule has 1 fully saturated rings. The van der Waals surface area contributed by atoms with Crippen molar-refractivity contribution < 1.29 is 0 Å². The Morgan fingerprint density at radius 3 is 2.61 bits per heavy atom. The van der Waals surface area contributed by atoms with Crippen molar-refractivity contribution in [3.8, 4) is 0 Å². The first-order chi connectivity index (χ1) is 15.8. The Balaban J connectivity index is 1.51. The van der Waals surface area contributed by atoms with Crippen molar-refractivity contribution in [3.63, 3.8) is 0 Å². The summed E-state index contributed by atoms with van der Waals surface area (Å²) in [5, 5.41) is 3.61. The van der Waals surface area contributed by atoms with Crippen LogP contribution in [0.5, 0.6) is 0 Å². The summed E-state index contributed by atoms with van der Waals surface area (Å²) in [6, 6.07) is 10.8. The molecule has 4 heterocycles. The van der Waals surface area contributed by atoms with Gasteiger partial charge in [0, 0.05) is 44.1 Å². The molecule has 7 heteroatoms. The van der Waals surface area contributed by atoms with Crippen LogP contribution in [-0.4, -0.2) is 37.6 Å². The number of anilines is 3. The first-order valence-electron chi connectivity index (χ1n) is 11.5. The van der Waals surface area contributed by atoms with Crippen LogP contribution in [0.3, 0.4) is 0 Å². The van der Waals surface area contributed by atoms with Crippen molar-refractivity contribution in [2.75, 3.05) is 23.3 Å². The molecular weight excluding hydrogens is 410 g/mol. The van der Waals surface area contributed by atoms with Gasteiger partial charge in [0.1, 0.15) is 5.52 Å². The number of nitrogens with zero attached hydrogens (tertiary/aromatic N) is 6. The van der Waals surface area contributed by atoms with Crippen LogP contribution in [0.15, 0.2) is 49.1 Å². The minimum atomic E-state index is 0.0698. The molecular formula is C26H31N7. The van der Waals surface area contributed by atoms with Crippen molar-refractivity contribution in [2.24, 2.45) is 7.05 Å². The lowest BCUT2D eigenvalue weighted by atomic mass is 9.86. The van der Waals surface area contributed by atoms with Gasteiger partial charge in [-0.15, -0.1) is 0 Å². The zero-order chi connectivity index (χ0) is 23.2. The number of hydrogen-bond donors (Lipinski definition) is 1. The lowest BCUT2D eigenvalue weighted by molar-refractivity contribution is 0.590. The van der Waals surface area contributed by atoms with Crippen LogP contribution in [-0.2, 0) is 12.5 Å². The van der Waals surface area contributed by atoms with Gasteiger partial charge in [-0.3, -0.25) is 4.98 Å². The summed E-state index contributed by atoms with van der Waals surface area (Å²) < 4.78 is 1.98. The van der Waals surface area contributed by atoms with Gasteiger partial charge < -0.3 is 14.8 Å². The maximum atomic E-state index is 5.00. The highest BCUT2D eigenvalue weighted by atomic mass is 15.3. The molecule has 1 aliphatic heterocycles. The van der Waals surface area contributed by atoms with Crippen LogP contribution in [0.1, 0.15) is 49.8 Å². The minimum absolute atomic E-state index is 0.0698. The Morgan fingerprint density at radius 1 is 1.06 bits per heavy atom. The highest BCUT2D eigenvalue weighted by Gasteiger charge is 2.27. The Morgan fingerprint density at radius 2 is 1.85 bits per heavy atom. The Hall–Kier alpha value is -3.48. The van der Waals surface area contributed by atoms with E-state index in [4.69, 9.17) is 9.97 Å². The van der Waals surface area contributed by atoms with Crippen molar-refractivity contribution in [2.45, 2.75) is 45.4 Å². The van der Waals surface area contributed by atoms with Crippen LogP contribution in [0.4, 0.5) is 17.5 Å². The van der Waals surface area contributed by atoms with Gasteiger partial charge in [-0.2, -0.15) is 9.97 Å². The van der Waals surface area contributed by atoms with Gasteiger partial charge in [0.15, 0.2) is 11.5 Å². The summed E-state index contributed by atoms with van der Waals surface area (Å²) in [4.78, 5) is 20.8. The molecule has 170 valence electrons. The number of hydrogen-bond acceptors (Lipinski definition) is 6. The molecule has 0 aliphatic carbocycles. The monoisotopic (exact) mass is 441 g/mol. The maximum Gasteiger partial charge on any atom is 0.229 e. The summed E-state index contributed by atoms with van der Waals surface area (Å²) in [7, 11) is 1.98. The zero-order valence-corrected chi connectivity index (χ0v) is 20.0. The van der Waals surface area contributed by atoms with E-state index in [1.807, 2.05) is 24.0 Å². The SMILES string of the molecule is Cc1ccc(C(C)(C)C)cc1Nc1nc(N2CCC(c3ccncc3)C2)nc2ncn(C)c12. The van der Waals surface area contributed by atoms with E-state index in [-0.39, 0.29) is 5.41 Å². The number of benzene rings is 1. The average molecular weight is 442 g/mol. The second-order valence-corrected chi connectivity index (χ2v) is 10.0. The number of fused-ring (bicyclic) bond motifs is 1. The largest absolute Gasteiger partial charge is 0.340 e. The second kappa shape index (κ2) is 8.14. The third kappa shape index (κ3) is 4.15. The van der Waals surface area contributed by atoms with Gasteiger partial charge in [0.25, 0.3) is 0 Å². The van der Waals surface area contributed by atoms with Crippen molar-refractivity contribution in [3.05, 3.63) is 65.7 Å². The molecule has 0 radical (unpaired) electrons. The average Bonchev–Trinajstić information content (AvgIpc) is 3.43. The van der Waals surface area contributed by atoms with Gasteiger partial charge in [0.2, 0.25) is 5.95 Å². The molecule has 5 rings (SSSR count). The third-order valence-electron chi connectivity index (χ3n) is 6.57. The number of rotatable bonds is 4. The molecule has 3 aromatic heterocycles. The smallest absolute Gasteiger partial charge is 0.229 e. The fourth-order valence-electron chi connectivity index (χ4n) is 4.47. The van der Waals surface area contributed by atoms with Gasteiger partial charge in [0.05, 0.1) is 6.33 Å².